The molecule has 0 heterocycles. The molecule has 0 aliphatic heterocycles. The molecule has 0 unspecified atom stereocenters. The van der Waals surface area contributed by atoms with Gasteiger partial charge in [0.1, 0.15) is 0 Å². The first-order valence-electron chi connectivity index (χ1n) is 7.97. The fraction of sp³-hybridized carbons (Fsp3) is 0.938. The van der Waals surface area contributed by atoms with E-state index in [9.17, 15) is 0 Å². The summed E-state index contributed by atoms with van der Waals surface area (Å²) < 4.78 is 0. The van der Waals surface area contributed by atoms with Crippen LogP contribution in [-0.4, -0.2) is 0 Å². The van der Waals surface area contributed by atoms with Crippen LogP contribution in [0.1, 0.15) is 96.8 Å². The van der Waals surface area contributed by atoms with Gasteiger partial charge in [-0.05, 0) is 0 Å². The molecule has 0 aromatic heterocycles. The van der Waals surface area contributed by atoms with Crippen molar-refractivity contribution in [3.8, 4) is 0 Å². The Bertz CT molecular complexity index is 118. The molecule has 0 aliphatic carbocycles. The van der Waals surface area contributed by atoms with Gasteiger partial charge in [-0.1, -0.05) is 90.4 Å². The van der Waals surface area contributed by atoms with Gasteiger partial charge in [-0.25, -0.2) is 0 Å². The molecule has 0 spiro atoms. The molecule has 19 heavy (non-hydrogen) atoms. The molecule has 0 saturated carbocycles. The second-order valence-electron chi connectivity index (χ2n) is 5.15. The van der Waals surface area contributed by atoms with Gasteiger partial charge < -0.3 is 6.92 Å². The molecule has 0 atom stereocenters. The Kier molecular flexibility index (Phi) is 28.7. The van der Waals surface area contributed by atoms with E-state index in [0.717, 1.165) is 6.42 Å². The summed E-state index contributed by atoms with van der Waals surface area (Å²) >= 11 is -0.346. The Balaban J connectivity index is 0. The molecule has 0 N–H and O–H groups in total. The Morgan fingerprint density at radius 2 is 0.895 bits per heavy atom. The van der Waals surface area contributed by atoms with Crippen LogP contribution in [0.4, 0.5) is 0 Å². The molecule has 3 heteroatoms. The Hall–Kier alpha value is 1.20. The van der Waals surface area contributed by atoms with E-state index in [1.54, 1.807) is 0 Å². The van der Waals surface area contributed by atoms with Gasteiger partial charge in [0.25, 0.3) is 0 Å². The van der Waals surface area contributed by atoms with E-state index in [1.807, 2.05) is 0 Å². The predicted octanol–water partition coefficient (Wildman–Crippen LogP) is 7.68. The van der Waals surface area contributed by atoms with Crippen molar-refractivity contribution in [3.05, 3.63) is 6.92 Å². The fourth-order valence-corrected chi connectivity index (χ4v) is 2.19. The van der Waals surface area contributed by atoms with E-state index in [0.29, 0.717) is 0 Å². The van der Waals surface area contributed by atoms with Crippen molar-refractivity contribution in [1.29, 1.82) is 0 Å². The van der Waals surface area contributed by atoms with Gasteiger partial charge in [0.15, 0.2) is 0 Å². The Morgan fingerprint density at radius 1 is 0.632 bits per heavy atom. The van der Waals surface area contributed by atoms with Gasteiger partial charge in [-0.2, -0.15) is 6.42 Å². The minimum absolute atomic E-state index is 0.346. The van der Waals surface area contributed by atoms with Gasteiger partial charge in [0.2, 0.25) is 0 Å². The van der Waals surface area contributed by atoms with Crippen molar-refractivity contribution in [2.24, 2.45) is 0 Å². The topological polar surface area (TPSA) is 0 Å². The zero-order valence-electron chi connectivity index (χ0n) is 12.7. The molecule has 0 aromatic carbocycles. The molecule has 120 valence electrons. The van der Waals surface area contributed by atoms with E-state index >= 15 is 0 Å². The molecule has 0 rings (SSSR count). The first kappa shape index (κ1) is 22.5. The maximum atomic E-state index is 4.85. The standard InChI is InChI=1S/C16H33.2ClH.Ru/c1-3-5-7-9-11-13-15-16-14-12-10-8-6-4-2;;;/h1,3-16H2,2H3;2*1H;/q-1;;;+2/p-2. The molecule has 0 bridgehead atoms. The molecule has 0 saturated heterocycles. The third-order valence-electron chi connectivity index (χ3n) is 3.35. The summed E-state index contributed by atoms with van der Waals surface area (Å²) in [6.07, 6.45) is 19.8. The van der Waals surface area contributed by atoms with Crippen molar-refractivity contribution in [3.63, 3.8) is 0 Å². The fourth-order valence-electron chi connectivity index (χ4n) is 2.19. The summed E-state index contributed by atoms with van der Waals surface area (Å²) in [5.74, 6) is 0. The van der Waals surface area contributed by atoms with Crippen LogP contribution in [-0.2, 0) is 15.1 Å². The van der Waals surface area contributed by atoms with Gasteiger partial charge in [0, 0.05) is 0 Å². The predicted molar refractivity (Wildman–Crippen MR) is 87.4 cm³/mol. The zero-order chi connectivity index (χ0) is 14.6. The van der Waals surface area contributed by atoms with E-state index in [1.165, 1.54) is 83.5 Å². The summed E-state index contributed by atoms with van der Waals surface area (Å²) in [5, 5.41) is 0. The number of hydrogen-bond donors (Lipinski definition) is 0. The zero-order valence-corrected chi connectivity index (χ0v) is 16.0. The summed E-state index contributed by atoms with van der Waals surface area (Å²) in [7, 11) is 9.71. The van der Waals surface area contributed by atoms with Crippen molar-refractivity contribution < 1.29 is 15.1 Å². The van der Waals surface area contributed by atoms with Gasteiger partial charge in [-0.15, -0.1) is 0 Å². The third kappa shape index (κ3) is 28.2. The van der Waals surface area contributed by atoms with E-state index in [-0.39, 0.29) is 15.1 Å². The molecular weight excluding hydrogens is 364 g/mol. The van der Waals surface area contributed by atoms with Crippen molar-refractivity contribution in [2.75, 3.05) is 0 Å². The second kappa shape index (κ2) is 24.2. The monoisotopic (exact) mass is 397 g/mol. The van der Waals surface area contributed by atoms with Crippen LogP contribution in [0.5, 0.6) is 0 Å². The summed E-state index contributed by atoms with van der Waals surface area (Å²) in [5.41, 5.74) is 0. The van der Waals surface area contributed by atoms with E-state index < -0.39 is 0 Å². The van der Waals surface area contributed by atoms with Crippen LogP contribution in [0.2, 0.25) is 0 Å². The first-order chi connectivity index (χ1) is 9.33. The van der Waals surface area contributed by atoms with E-state index in [4.69, 9.17) is 19.4 Å². The van der Waals surface area contributed by atoms with Crippen molar-refractivity contribution in [2.45, 2.75) is 96.8 Å². The maximum absolute atomic E-state index is 4.85. The Morgan fingerprint density at radius 3 is 1.16 bits per heavy atom. The number of rotatable bonds is 13. The minimum atomic E-state index is -0.346. The van der Waals surface area contributed by atoms with Gasteiger partial charge in [-0.3, -0.25) is 0 Å². The summed E-state index contributed by atoms with van der Waals surface area (Å²) in [6.45, 7) is 6.16. The van der Waals surface area contributed by atoms with Crippen molar-refractivity contribution >= 4 is 19.4 Å². The second-order valence-corrected chi connectivity index (χ2v) is 7.79. The quantitative estimate of drug-likeness (QED) is 0.170. The molecule has 0 fully saturated rings. The summed E-state index contributed by atoms with van der Waals surface area (Å²) in [4.78, 5) is 0. The van der Waals surface area contributed by atoms with Crippen LogP contribution in [0.3, 0.4) is 0 Å². The first-order valence-corrected chi connectivity index (χ1v) is 12.5. The Labute approximate surface area is 138 Å². The number of hydrogen-bond acceptors (Lipinski definition) is 0. The van der Waals surface area contributed by atoms with Gasteiger partial charge in [0.05, 0.1) is 0 Å². The van der Waals surface area contributed by atoms with E-state index in [2.05, 4.69) is 13.8 Å². The van der Waals surface area contributed by atoms with Crippen LogP contribution in [0.15, 0.2) is 0 Å². The van der Waals surface area contributed by atoms with Crippen molar-refractivity contribution in [1.82, 2.24) is 0 Å². The van der Waals surface area contributed by atoms with Crippen LogP contribution < -0.4 is 0 Å². The molecular formula is C16H33Cl2Ru-. The SMILES string of the molecule is [CH2-]CCCCCCCCCCCCCCC.[Cl][Ru][Cl]. The van der Waals surface area contributed by atoms with Crippen LogP contribution in [0, 0.1) is 6.92 Å². The van der Waals surface area contributed by atoms with Crippen LogP contribution in [0.25, 0.3) is 0 Å². The molecule has 0 aliphatic rings. The summed E-state index contributed by atoms with van der Waals surface area (Å²) in [6, 6.07) is 0. The number of halogens is 2. The normalized spacial score (nSPS) is 10.3. The third-order valence-corrected chi connectivity index (χ3v) is 3.35. The number of unbranched alkanes of at least 4 members (excludes halogenated alkanes) is 13. The molecule has 0 nitrogen and oxygen atoms in total. The molecule has 0 aromatic rings. The molecule has 0 radical (unpaired) electrons. The average Bonchev–Trinajstić information content (AvgIpc) is 2.41. The molecule has 0 amide bonds. The van der Waals surface area contributed by atoms with Crippen LogP contribution >= 0.6 is 19.4 Å². The van der Waals surface area contributed by atoms with Gasteiger partial charge >= 0.3 is 34.5 Å². The average molecular weight is 397 g/mol.